The number of aromatic nitrogens is 3. The molecule has 0 unspecified atom stereocenters. The molecule has 0 aliphatic carbocycles. The summed E-state index contributed by atoms with van der Waals surface area (Å²) in [5.74, 6) is 2.08. The van der Waals surface area contributed by atoms with Gasteiger partial charge in [-0.1, -0.05) is 43.0 Å². The predicted octanol–water partition coefficient (Wildman–Crippen LogP) is 3.65. The Morgan fingerprint density at radius 2 is 1.90 bits per heavy atom. The number of ether oxygens (including phenoxy) is 2. The Bertz CT molecular complexity index is 1050. The number of methoxy groups -OCH3 is 2. The maximum absolute atomic E-state index is 13.4. The summed E-state index contributed by atoms with van der Waals surface area (Å²) < 4.78 is 12.6. The van der Waals surface area contributed by atoms with Crippen LogP contribution in [0.4, 0.5) is 5.69 Å². The van der Waals surface area contributed by atoms with E-state index in [0.29, 0.717) is 16.6 Å². The molecule has 4 rings (SSSR count). The van der Waals surface area contributed by atoms with Gasteiger partial charge in [0.15, 0.2) is 5.82 Å². The lowest BCUT2D eigenvalue weighted by molar-refractivity contribution is -0.116. The van der Waals surface area contributed by atoms with E-state index < -0.39 is 5.25 Å². The number of anilines is 1. The molecule has 0 bridgehead atoms. The Kier molecular flexibility index (Phi) is 6.31. The maximum Gasteiger partial charge on any atom is 0.240 e. The van der Waals surface area contributed by atoms with Crippen LogP contribution in [0, 0.1) is 0 Å². The van der Waals surface area contributed by atoms with Crippen LogP contribution in [-0.4, -0.2) is 40.3 Å². The number of amides is 1. The van der Waals surface area contributed by atoms with Crippen LogP contribution in [0.3, 0.4) is 0 Å². The number of hydrogen-bond acceptors (Lipinski definition) is 7. The molecule has 1 aliphatic heterocycles. The number of carbonyl (C=O) groups excluding carboxylic acids is 1. The number of thioether (sulfide) groups is 1. The highest BCUT2D eigenvalue weighted by molar-refractivity contribution is 8.00. The van der Waals surface area contributed by atoms with Gasteiger partial charge in [0, 0.05) is 6.42 Å². The second kappa shape index (κ2) is 9.30. The summed E-state index contributed by atoms with van der Waals surface area (Å²) in [6.07, 6.45) is 1.75. The molecule has 162 valence electrons. The van der Waals surface area contributed by atoms with Crippen molar-refractivity contribution in [3.63, 3.8) is 0 Å². The third kappa shape index (κ3) is 4.32. The average molecular weight is 440 g/mol. The number of rotatable bonds is 7. The maximum atomic E-state index is 13.4. The van der Waals surface area contributed by atoms with Gasteiger partial charge in [-0.05, 0) is 36.2 Å². The molecule has 2 atom stereocenters. The lowest BCUT2D eigenvalue weighted by Gasteiger charge is -2.33. The molecule has 0 radical (unpaired) electrons. The molecular formula is C22H25N5O3S. The van der Waals surface area contributed by atoms with E-state index in [2.05, 4.69) is 27.9 Å². The van der Waals surface area contributed by atoms with Crippen molar-refractivity contribution in [3.8, 4) is 11.5 Å². The molecule has 31 heavy (non-hydrogen) atoms. The molecule has 1 amide bonds. The third-order valence-electron chi connectivity index (χ3n) is 5.08. The minimum atomic E-state index is -0.468. The zero-order chi connectivity index (χ0) is 21.8. The van der Waals surface area contributed by atoms with Crippen molar-refractivity contribution in [3.05, 3.63) is 59.9 Å². The largest absolute Gasteiger partial charge is 0.497 e. The monoisotopic (exact) mass is 439 g/mol. The van der Waals surface area contributed by atoms with Crippen molar-refractivity contribution < 1.29 is 14.3 Å². The first-order chi connectivity index (χ1) is 15.1. The fourth-order valence-corrected chi connectivity index (χ4v) is 4.60. The highest BCUT2D eigenvalue weighted by atomic mass is 32.2. The van der Waals surface area contributed by atoms with E-state index in [1.807, 2.05) is 53.2 Å². The van der Waals surface area contributed by atoms with Gasteiger partial charge in [0.05, 0.1) is 25.9 Å². The van der Waals surface area contributed by atoms with E-state index in [1.54, 1.807) is 14.2 Å². The summed E-state index contributed by atoms with van der Waals surface area (Å²) in [7, 11) is 3.22. The zero-order valence-electron chi connectivity index (χ0n) is 17.7. The number of nitrogens with zero attached hydrogens (tertiary/aromatic N) is 3. The first kappa shape index (κ1) is 21.0. The van der Waals surface area contributed by atoms with Crippen molar-refractivity contribution in [2.75, 3.05) is 25.0 Å². The molecule has 0 saturated carbocycles. The second-order valence-electron chi connectivity index (χ2n) is 7.09. The quantitative estimate of drug-likeness (QED) is 0.581. The minimum absolute atomic E-state index is 0.144. The fraction of sp³-hybridized carbons (Fsp3) is 0.318. The molecule has 0 fully saturated rings. The van der Waals surface area contributed by atoms with Gasteiger partial charge in [-0.25, -0.2) is 4.68 Å². The van der Waals surface area contributed by atoms with Gasteiger partial charge >= 0.3 is 0 Å². The van der Waals surface area contributed by atoms with Crippen LogP contribution in [0.2, 0.25) is 0 Å². The van der Waals surface area contributed by atoms with E-state index in [1.165, 1.54) is 11.8 Å². The summed E-state index contributed by atoms with van der Waals surface area (Å²) in [6, 6.07) is 14.8. The van der Waals surface area contributed by atoms with Crippen LogP contribution in [0.1, 0.15) is 30.8 Å². The van der Waals surface area contributed by atoms with Gasteiger partial charge in [0.1, 0.15) is 16.7 Å². The van der Waals surface area contributed by atoms with Crippen molar-refractivity contribution >= 4 is 23.4 Å². The lowest BCUT2D eigenvalue weighted by atomic mass is 10.0. The molecule has 3 aromatic rings. The van der Waals surface area contributed by atoms with Crippen LogP contribution < -0.4 is 20.2 Å². The second-order valence-corrected chi connectivity index (χ2v) is 8.20. The van der Waals surface area contributed by atoms with Gasteiger partial charge in [0.2, 0.25) is 11.1 Å². The van der Waals surface area contributed by atoms with Gasteiger partial charge in [0.25, 0.3) is 0 Å². The van der Waals surface area contributed by atoms with E-state index >= 15 is 0 Å². The number of benzene rings is 2. The van der Waals surface area contributed by atoms with E-state index in [9.17, 15) is 4.79 Å². The number of para-hydroxylation sites is 2. The number of fused-ring (bicyclic) bond motifs is 1. The molecule has 2 aromatic carbocycles. The summed E-state index contributed by atoms with van der Waals surface area (Å²) in [5.41, 5.74) is 5.06. The van der Waals surface area contributed by atoms with E-state index in [-0.39, 0.29) is 11.9 Å². The van der Waals surface area contributed by atoms with Gasteiger partial charge in [-0.2, -0.15) is 0 Å². The third-order valence-corrected chi connectivity index (χ3v) is 6.29. The highest BCUT2D eigenvalue weighted by Gasteiger charge is 2.38. The molecule has 2 heterocycles. The number of aryl methyl sites for hydroxylation is 1. The zero-order valence-corrected chi connectivity index (χ0v) is 18.5. The molecule has 1 aliphatic rings. The van der Waals surface area contributed by atoms with Crippen molar-refractivity contribution in [2.24, 2.45) is 0 Å². The molecule has 1 aromatic heterocycles. The van der Waals surface area contributed by atoms with E-state index in [4.69, 9.17) is 9.47 Å². The molecule has 0 saturated heterocycles. The van der Waals surface area contributed by atoms with Crippen molar-refractivity contribution in [1.29, 1.82) is 0 Å². The predicted molar refractivity (Wildman–Crippen MR) is 120 cm³/mol. The van der Waals surface area contributed by atoms with Crippen LogP contribution in [0.5, 0.6) is 11.5 Å². The van der Waals surface area contributed by atoms with Crippen molar-refractivity contribution in [2.45, 2.75) is 36.2 Å². The lowest BCUT2D eigenvalue weighted by Crippen LogP contribution is -2.41. The Labute approximate surface area is 185 Å². The average Bonchev–Trinajstić information content (AvgIpc) is 3.20. The Morgan fingerprint density at radius 3 is 2.61 bits per heavy atom. The molecular weight excluding hydrogens is 414 g/mol. The Hall–Kier alpha value is -3.20. The SMILES string of the molecule is CCCc1nnc2n1N[C@H](c1ccc(OC)cc1)[C@@H](C(=O)Nc1ccccc1OC)S2. The van der Waals surface area contributed by atoms with Gasteiger partial charge < -0.3 is 20.2 Å². The van der Waals surface area contributed by atoms with E-state index in [0.717, 1.165) is 30.0 Å². The molecule has 9 heteroatoms. The van der Waals surface area contributed by atoms with Crippen LogP contribution in [0.25, 0.3) is 0 Å². The van der Waals surface area contributed by atoms with Gasteiger partial charge in [-0.3, -0.25) is 4.79 Å². The van der Waals surface area contributed by atoms with Gasteiger partial charge in [-0.15, -0.1) is 10.2 Å². The molecule has 2 N–H and O–H groups in total. The standard InChI is InChI=1S/C22H25N5O3S/c1-4-7-18-24-25-22-27(18)26-19(14-10-12-15(29-2)13-11-14)20(31-22)21(28)23-16-8-5-6-9-17(16)30-3/h5-6,8-13,19-20,26H,4,7H2,1-3H3,(H,23,28)/t19-,20+/m1/s1. The summed E-state index contributed by atoms with van der Waals surface area (Å²) in [4.78, 5) is 13.4. The normalized spacial score (nSPS) is 17.4. The Morgan fingerprint density at radius 1 is 1.13 bits per heavy atom. The Balaban J connectivity index is 1.67. The summed E-state index contributed by atoms with van der Waals surface area (Å²) in [6.45, 7) is 2.10. The minimum Gasteiger partial charge on any atom is -0.497 e. The topological polar surface area (TPSA) is 90.3 Å². The van der Waals surface area contributed by atoms with Crippen molar-refractivity contribution in [1.82, 2.24) is 14.9 Å². The number of hydrogen-bond donors (Lipinski definition) is 2. The molecule has 0 spiro atoms. The number of carbonyl (C=O) groups is 1. The summed E-state index contributed by atoms with van der Waals surface area (Å²) in [5, 5.41) is 11.8. The summed E-state index contributed by atoms with van der Waals surface area (Å²) >= 11 is 1.40. The fourth-order valence-electron chi connectivity index (χ4n) is 3.50. The molecule has 8 nitrogen and oxygen atoms in total. The number of nitrogens with one attached hydrogen (secondary N) is 2. The highest BCUT2D eigenvalue weighted by Crippen LogP contribution is 2.38. The van der Waals surface area contributed by atoms with Crippen LogP contribution in [-0.2, 0) is 11.2 Å². The smallest absolute Gasteiger partial charge is 0.240 e. The first-order valence-corrected chi connectivity index (χ1v) is 11.0. The van der Waals surface area contributed by atoms with Crippen LogP contribution >= 0.6 is 11.8 Å². The van der Waals surface area contributed by atoms with Crippen LogP contribution in [0.15, 0.2) is 53.7 Å². The first-order valence-electron chi connectivity index (χ1n) is 10.1.